The average molecular weight is 277 g/mol. The van der Waals surface area contributed by atoms with Crippen molar-refractivity contribution >= 4 is 15.8 Å². The van der Waals surface area contributed by atoms with Gasteiger partial charge in [-0.05, 0) is 18.8 Å². The summed E-state index contributed by atoms with van der Waals surface area (Å²) in [6, 6.07) is -0.101. The van der Waals surface area contributed by atoms with Crippen LogP contribution in [0, 0.1) is 5.92 Å². The number of hydrogen-bond donors (Lipinski definition) is 1. The number of carbonyl (C=O) groups is 1. The van der Waals surface area contributed by atoms with Gasteiger partial charge in [0.2, 0.25) is 0 Å². The minimum atomic E-state index is -2.89. The fraction of sp³-hybridized carbons (Fsp3) is 0.917. The molecule has 2 atom stereocenters. The Hall–Kier alpha value is -0.620. The summed E-state index contributed by atoms with van der Waals surface area (Å²) in [4.78, 5) is 11.4. The van der Waals surface area contributed by atoms with Gasteiger partial charge in [0.15, 0.2) is 9.84 Å². The topological polar surface area (TPSA) is 72.5 Å². The van der Waals surface area contributed by atoms with Crippen molar-refractivity contribution in [2.45, 2.75) is 39.2 Å². The normalized spacial score (nSPS) is 23.8. The minimum Gasteiger partial charge on any atom is -0.464 e. The third kappa shape index (κ3) is 5.82. The van der Waals surface area contributed by atoms with Crippen LogP contribution < -0.4 is 5.32 Å². The Balaban J connectivity index is 2.14. The molecule has 1 aliphatic rings. The zero-order valence-corrected chi connectivity index (χ0v) is 12.0. The largest absolute Gasteiger partial charge is 0.464 e. The number of rotatable bonds is 7. The van der Waals surface area contributed by atoms with Crippen LogP contribution in [0.15, 0.2) is 0 Å². The third-order valence-electron chi connectivity index (χ3n) is 3.08. The van der Waals surface area contributed by atoms with Gasteiger partial charge in [-0.25, -0.2) is 8.42 Å². The Bertz CT molecular complexity index is 366. The lowest BCUT2D eigenvalue weighted by molar-refractivity contribution is -0.143. The van der Waals surface area contributed by atoms with Crippen LogP contribution in [0.5, 0.6) is 0 Å². The van der Waals surface area contributed by atoms with Gasteiger partial charge in [0.1, 0.15) is 0 Å². The first kappa shape index (κ1) is 15.4. The van der Waals surface area contributed by atoms with Gasteiger partial charge in [-0.15, -0.1) is 0 Å². The molecule has 1 N–H and O–H groups in total. The van der Waals surface area contributed by atoms with E-state index in [1.54, 1.807) is 0 Å². The first-order valence-electron chi connectivity index (χ1n) is 6.52. The van der Waals surface area contributed by atoms with Crippen LogP contribution in [0.2, 0.25) is 0 Å². The van der Waals surface area contributed by atoms with Gasteiger partial charge in [0.05, 0.1) is 24.7 Å². The van der Waals surface area contributed by atoms with Gasteiger partial charge in [0, 0.05) is 6.04 Å². The van der Waals surface area contributed by atoms with E-state index in [0.29, 0.717) is 18.9 Å². The van der Waals surface area contributed by atoms with E-state index >= 15 is 0 Å². The van der Waals surface area contributed by atoms with Gasteiger partial charge in [-0.3, -0.25) is 4.79 Å². The summed E-state index contributed by atoms with van der Waals surface area (Å²) in [6.45, 7) is 4.69. The van der Waals surface area contributed by atoms with E-state index in [0.717, 1.165) is 12.8 Å². The molecule has 1 aliphatic heterocycles. The van der Waals surface area contributed by atoms with Crippen LogP contribution in [0.1, 0.15) is 33.1 Å². The molecule has 0 radical (unpaired) electrons. The van der Waals surface area contributed by atoms with E-state index in [-0.39, 0.29) is 30.1 Å². The molecule has 0 aliphatic carbocycles. The van der Waals surface area contributed by atoms with E-state index in [1.807, 2.05) is 6.92 Å². The molecule has 0 spiro atoms. The molecule has 1 fully saturated rings. The molecule has 6 heteroatoms. The smallest absolute Gasteiger partial charge is 0.319 e. The van der Waals surface area contributed by atoms with Crippen molar-refractivity contribution in [3.05, 3.63) is 0 Å². The standard InChI is InChI=1S/C12H23NO4S/c1-3-4-10(2)8-17-12(14)7-13-11-5-6-18(15,16)9-11/h10-11,13H,3-9H2,1-2H3. The third-order valence-corrected chi connectivity index (χ3v) is 4.85. The van der Waals surface area contributed by atoms with E-state index < -0.39 is 9.84 Å². The number of esters is 1. The highest BCUT2D eigenvalue weighted by molar-refractivity contribution is 7.91. The van der Waals surface area contributed by atoms with Gasteiger partial charge in [0.25, 0.3) is 0 Å². The second kappa shape index (κ2) is 7.09. The predicted molar refractivity (Wildman–Crippen MR) is 70.1 cm³/mol. The van der Waals surface area contributed by atoms with Crippen molar-refractivity contribution < 1.29 is 17.9 Å². The van der Waals surface area contributed by atoms with Crippen LogP contribution in [0.25, 0.3) is 0 Å². The first-order chi connectivity index (χ1) is 8.43. The maximum atomic E-state index is 11.4. The second-order valence-corrected chi connectivity index (χ2v) is 7.29. The van der Waals surface area contributed by atoms with Crippen molar-refractivity contribution in [1.29, 1.82) is 0 Å². The van der Waals surface area contributed by atoms with Crippen LogP contribution in [-0.2, 0) is 19.4 Å². The van der Waals surface area contributed by atoms with Crippen molar-refractivity contribution in [2.75, 3.05) is 24.7 Å². The molecular formula is C12H23NO4S. The highest BCUT2D eigenvalue weighted by atomic mass is 32.2. The summed E-state index contributed by atoms with van der Waals surface area (Å²) in [5.74, 6) is 0.424. The first-order valence-corrected chi connectivity index (χ1v) is 8.34. The van der Waals surface area contributed by atoms with Gasteiger partial charge in [-0.2, -0.15) is 0 Å². The lowest BCUT2D eigenvalue weighted by Gasteiger charge is -2.13. The fourth-order valence-corrected chi connectivity index (χ4v) is 3.75. The van der Waals surface area contributed by atoms with Gasteiger partial charge < -0.3 is 10.1 Å². The molecular weight excluding hydrogens is 254 g/mol. The molecule has 0 saturated carbocycles. The molecule has 2 unspecified atom stereocenters. The number of ether oxygens (including phenoxy) is 1. The minimum absolute atomic E-state index is 0.0963. The SMILES string of the molecule is CCCC(C)COC(=O)CNC1CCS(=O)(=O)C1. The Morgan fingerprint density at radius 3 is 2.78 bits per heavy atom. The molecule has 1 saturated heterocycles. The van der Waals surface area contributed by atoms with Crippen molar-refractivity contribution in [3.63, 3.8) is 0 Å². The van der Waals surface area contributed by atoms with Gasteiger partial charge >= 0.3 is 5.97 Å². The number of carbonyl (C=O) groups excluding carboxylic acids is 1. The Morgan fingerprint density at radius 2 is 2.22 bits per heavy atom. The lowest BCUT2D eigenvalue weighted by atomic mass is 10.1. The van der Waals surface area contributed by atoms with Crippen molar-refractivity contribution in [1.82, 2.24) is 5.32 Å². The molecule has 0 bridgehead atoms. The van der Waals surface area contributed by atoms with E-state index in [9.17, 15) is 13.2 Å². The average Bonchev–Trinajstić information content (AvgIpc) is 2.64. The Labute approximate surface area is 109 Å². The van der Waals surface area contributed by atoms with E-state index in [2.05, 4.69) is 12.2 Å². The predicted octanol–water partition coefficient (Wildman–Crippen LogP) is 0.743. The second-order valence-electron chi connectivity index (χ2n) is 5.06. The maximum Gasteiger partial charge on any atom is 0.319 e. The summed E-state index contributed by atoms with van der Waals surface area (Å²) in [5.41, 5.74) is 0. The molecule has 5 nitrogen and oxygen atoms in total. The van der Waals surface area contributed by atoms with Crippen LogP contribution in [0.3, 0.4) is 0 Å². The summed E-state index contributed by atoms with van der Waals surface area (Å²) < 4.78 is 27.6. The van der Waals surface area contributed by atoms with Crippen molar-refractivity contribution in [2.24, 2.45) is 5.92 Å². The van der Waals surface area contributed by atoms with Crippen molar-refractivity contribution in [3.8, 4) is 0 Å². The van der Waals surface area contributed by atoms with E-state index in [4.69, 9.17) is 4.74 Å². The maximum absolute atomic E-state index is 11.4. The fourth-order valence-electron chi connectivity index (χ4n) is 2.05. The molecule has 0 aromatic heterocycles. The van der Waals surface area contributed by atoms with Crippen LogP contribution in [0.4, 0.5) is 0 Å². The summed E-state index contributed by atoms with van der Waals surface area (Å²) in [6.07, 6.45) is 2.71. The number of hydrogen-bond acceptors (Lipinski definition) is 5. The highest BCUT2D eigenvalue weighted by Gasteiger charge is 2.27. The number of sulfone groups is 1. The molecule has 0 amide bonds. The van der Waals surface area contributed by atoms with E-state index in [1.165, 1.54) is 0 Å². The highest BCUT2D eigenvalue weighted by Crippen LogP contribution is 2.11. The van der Waals surface area contributed by atoms with Crippen LogP contribution >= 0.6 is 0 Å². The zero-order valence-electron chi connectivity index (χ0n) is 11.1. The Kier molecular flexibility index (Phi) is 6.08. The lowest BCUT2D eigenvalue weighted by Crippen LogP contribution is -2.35. The molecule has 1 rings (SSSR count). The molecule has 1 heterocycles. The quantitative estimate of drug-likeness (QED) is 0.695. The zero-order chi connectivity index (χ0) is 13.6. The molecule has 0 aromatic rings. The number of nitrogens with one attached hydrogen (secondary N) is 1. The Morgan fingerprint density at radius 1 is 1.50 bits per heavy atom. The molecule has 106 valence electrons. The van der Waals surface area contributed by atoms with Crippen LogP contribution in [-0.4, -0.2) is 45.1 Å². The summed E-state index contributed by atoms with van der Waals surface area (Å²) >= 11 is 0. The summed E-state index contributed by atoms with van der Waals surface area (Å²) in [5, 5.41) is 2.94. The summed E-state index contributed by atoms with van der Waals surface area (Å²) in [7, 11) is -2.89. The van der Waals surface area contributed by atoms with Gasteiger partial charge in [-0.1, -0.05) is 20.3 Å². The molecule has 18 heavy (non-hydrogen) atoms. The molecule has 0 aromatic carbocycles. The monoisotopic (exact) mass is 277 g/mol.